The number of fused-ring (bicyclic) bond motifs is 9. The molecule has 3 aliphatic carbocycles. The van der Waals surface area contributed by atoms with Crippen molar-refractivity contribution in [2.45, 2.75) is 103 Å². The molecule has 1 saturated heterocycles. The average Bonchev–Trinajstić information content (AvgIpc) is 3.89. The summed E-state index contributed by atoms with van der Waals surface area (Å²) in [5.74, 6) is 2.88. The molecule has 2 bridgehead atoms. The Morgan fingerprint density at radius 2 is 1.83 bits per heavy atom. The maximum atomic E-state index is 14.2. The zero-order valence-corrected chi connectivity index (χ0v) is 28.8. The van der Waals surface area contributed by atoms with Gasteiger partial charge in [0.05, 0.1) is 24.7 Å². The maximum Gasteiger partial charge on any atom is 0.408 e. The average molecular weight is 669 g/mol. The number of aromatic nitrogens is 2. The fourth-order valence-electron chi connectivity index (χ4n) is 8.47. The summed E-state index contributed by atoms with van der Waals surface area (Å²) in [6.07, 6.45) is 7.90. The molecule has 1 N–H and O–H groups in total. The molecule has 10 nitrogen and oxygen atoms in total. The van der Waals surface area contributed by atoms with Gasteiger partial charge in [-0.15, -0.1) is 0 Å². The Kier molecular flexibility index (Phi) is 9.09. The first-order valence-corrected chi connectivity index (χ1v) is 16.8. The smallest absolute Gasteiger partial charge is 0.408 e. The Balaban J connectivity index is 0.00000372. The van der Waals surface area contributed by atoms with Gasteiger partial charge in [0.25, 0.3) is 0 Å². The number of nitrogens with zero attached hydrogens (tertiary/aromatic N) is 3. The third-order valence-electron chi connectivity index (χ3n) is 11.2. The number of amides is 2. The molecule has 4 fully saturated rings. The van der Waals surface area contributed by atoms with Crippen molar-refractivity contribution in [1.82, 2.24) is 20.2 Å². The molecule has 2 aromatic rings. The van der Waals surface area contributed by atoms with Gasteiger partial charge in [-0.2, -0.15) is 0 Å². The number of carbonyl (C=O) groups excluding carboxylic acids is 3. The number of hydrogen-bond acceptors (Lipinski definition) is 8. The number of alkyl carbamates (subject to hydrolysis) is 1. The van der Waals surface area contributed by atoms with Gasteiger partial charge >= 0.3 is 6.09 Å². The molecule has 5 aliphatic rings. The molecule has 10 atom stereocenters. The van der Waals surface area contributed by atoms with Crippen molar-refractivity contribution in [2.24, 2.45) is 35.0 Å². The fourth-order valence-corrected chi connectivity index (χ4v) is 8.47. The topological polar surface area (TPSA) is 120 Å². The molecule has 11 heteroatoms. The number of benzene rings is 1. The largest absolute Gasteiger partial charge is 0.540 e. The monoisotopic (exact) mass is 668 g/mol. The van der Waals surface area contributed by atoms with Crippen LogP contribution in [0, 0.1) is 35.0 Å². The Labute approximate surface area is 283 Å². The molecule has 0 spiro atoms. The Bertz CT molecular complexity index is 1500. The third kappa shape index (κ3) is 6.12. The van der Waals surface area contributed by atoms with E-state index in [4.69, 9.17) is 24.2 Å². The minimum atomic E-state index is -0.888. The van der Waals surface area contributed by atoms with Crippen molar-refractivity contribution in [2.75, 3.05) is 13.7 Å². The SMILES string of the molecule is CC[C@@H]1[C@@H]2CN(C(=O)[C@H](C(C)(C)C)NC(=O)O[C@@H]3CC4CC4[C@H]3CCCC3CC3c3nc4ccc(OC)cc4nc3O2)[C@@H]1[C-]=O.[V]. The van der Waals surface area contributed by atoms with Gasteiger partial charge in [-0.1, -0.05) is 46.6 Å². The van der Waals surface area contributed by atoms with Crippen LogP contribution in [0.1, 0.15) is 84.3 Å². The summed E-state index contributed by atoms with van der Waals surface area (Å²) in [4.78, 5) is 51.6. The van der Waals surface area contributed by atoms with E-state index in [0.717, 1.165) is 43.3 Å². The van der Waals surface area contributed by atoms with E-state index in [1.807, 2.05) is 45.9 Å². The van der Waals surface area contributed by atoms with Gasteiger partial charge in [0.2, 0.25) is 11.8 Å². The van der Waals surface area contributed by atoms with Gasteiger partial charge in [0, 0.05) is 30.5 Å². The second-order valence-corrected chi connectivity index (χ2v) is 15.0. The molecule has 46 heavy (non-hydrogen) atoms. The van der Waals surface area contributed by atoms with Crippen LogP contribution in [0.25, 0.3) is 11.0 Å². The summed E-state index contributed by atoms with van der Waals surface area (Å²) in [6.45, 7) is 7.90. The first kappa shape index (κ1) is 33.1. The normalized spacial score (nSPS) is 35.5. The fraction of sp³-hybridized carbons (Fsp3) is 0.686. The standard InChI is InChI=1S/C35H45N4O6.V/c1-6-21-27(17-40)39-16-29(21)44-32-30(36-25-11-10-20(43-5)15-26(25)37-32)24-12-18(24)8-7-9-22-23-13-19(23)14-28(22)45-34(42)38-31(33(39)41)35(2,3)4;/h10-11,15,18-19,21-24,27-29,31H,6-9,12-14,16H2,1-5H3,(H,38,42);/q-1;/t18?,19?,21-,22+,23?,24?,27+,28+,29-,31+;/m0./s1. The first-order valence-electron chi connectivity index (χ1n) is 16.8. The van der Waals surface area contributed by atoms with Crippen molar-refractivity contribution in [1.29, 1.82) is 0 Å². The van der Waals surface area contributed by atoms with E-state index in [9.17, 15) is 14.4 Å². The minimum Gasteiger partial charge on any atom is -0.540 e. The summed E-state index contributed by atoms with van der Waals surface area (Å²) >= 11 is 0. The summed E-state index contributed by atoms with van der Waals surface area (Å²) in [5, 5.41) is 2.92. The zero-order chi connectivity index (χ0) is 31.6. The van der Waals surface area contributed by atoms with Crippen LogP contribution in [-0.4, -0.2) is 71.1 Å². The van der Waals surface area contributed by atoms with Gasteiger partial charge < -0.3 is 29.2 Å². The second-order valence-electron chi connectivity index (χ2n) is 15.0. The first-order chi connectivity index (χ1) is 21.6. The minimum absolute atomic E-state index is 0. The zero-order valence-electron chi connectivity index (χ0n) is 27.4. The number of ether oxygens (including phenoxy) is 3. The molecular weight excluding hydrogens is 623 g/mol. The summed E-state index contributed by atoms with van der Waals surface area (Å²) in [5.41, 5.74) is 1.69. The number of nitrogens with one attached hydrogen (secondary N) is 1. The van der Waals surface area contributed by atoms with E-state index >= 15 is 0 Å². The van der Waals surface area contributed by atoms with Crippen LogP contribution in [0.4, 0.5) is 4.79 Å². The molecule has 3 saturated carbocycles. The third-order valence-corrected chi connectivity index (χ3v) is 11.2. The van der Waals surface area contributed by atoms with E-state index in [1.54, 1.807) is 7.11 Å². The van der Waals surface area contributed by atoms with E-state index in [1.165, 1.54) is 11.3 Å². The van der Waals surface area contributed by atoms with Crippen molar-refractivity contribution in [3.8, 4) is 11.6 Å². The second kappa shape index (κ2) is 12.6. The van der Waals surface area contributed by atoms with Crippen molar-refractivity contribution in [3.63, 3.8) is 0 Å². The van der Waals surface area contributed by atoms with Crippen molar-refractivity contribution < 1.29 is 47.1 Å². The summed E-state index contributed by atoms with van der Waals surface area (Å²) < 4.78 is 18.2. The molecule has 247 valence electrons. The van der Waals surface area contributed by atoms with Crippen molar-refractivity contribution in [3.05, 3.63) is 23.9 Å². The van der Waals surface area contributed by atoms with Gasteiger partial charge in [0.1, 0.15) is 29.7 Å². The van der Waals surface area contributed by atoms with Gasteiger partial charge in [-0.3, -0.25) is 4.79 Å². The summed E-state index contributed by atoms with van der Waals surface area (Å²) in [7, 11) is 1.62. The predicted molar refractivity (Wildman–Crippen MR) is 167 cm³/mol. The van der Waals surface area contributed by atoms with E-state index in [0.29, 0.717) is 47.2 Å². The Morgan fingerprint density at radius 3 is 2.54 bits per heavy atom. The maximum absolute atomic E-state index is 14.2. The van der Waals surface area contributed by atoms with Crippen LogP contribution in [0.15, 0.2) is 18.2 Å². The number of carbonyl (C=O) groups is 2. The van der Waals surface area contributed by atoms with Gasteiger partial charge in [-0.25, -0.2) is 21.0 Å². The molecule has 1 aromatic carbocycles. The Hall–Kier alpha value is -2.85. The van der Waals surface area contributed by atoms with Crippen molar-refractivity contribution >= 4 is 29.3 Å². The van der Waals surface area contributed by atoms with Crippen LogP contribution in [0.3, 0.4) is 0 Å². The molecule has 4 unspecified atom stereocenters. The molecule has 2 amide bonds. The van der Waals surface area contributed by atoms with E-state index in [2.05, 4.69) is 11.6 Å². The molecule has 3 heterocycles. The van der Waals surface area contributed by atoms with Crippen LogP contribution < -0.4 is 14.8 Å². The quantitative estimate of drug-likeness (QED) is 0.445. The number of rotatable bonds is 3. The van der Waals surface area contributed by atoms with Crippen LogP contribution in [-0.2, 0) is 32.9 Å². The molecule has 1 aromatic heterocycles. The molecule has 2 aliphatic heterocycles. The van der Waals surface area contributed by atoms with Gasteiger partial charge in [0.15, 0.2) is 0 Å². The predicted octanol–water partition coefficient (Wildman–Crippen LogP) is 5.18. The number of methoxy groups -OCH3 is 1. The molecular formula is C35H45N4O6V-. The van der Waals surface area contributed by atoms with Crippen LogP contribution >= 0.6 is 0 Å². The Morgan fingerprint density at radius 1 is 1.02 bits per heavy atom. The molecule has 7 rings (SSSR count). The van der Waals surface area contributed by atoms with E-state index in [-0.39, 0.29) is 48.9 Å². The van der Waals surface area contributed by atoms with E-state index < -0.39 is 29.7 Å². The van der Waals surface area contributed by atoms with Crippen LogP contribution in [0.2, 0.25) is 0 Å². The molecule has 1 radical (unpaired) electrons. The van der Waals surface area contributed by atoms with Crippen LogP contribution in [0.5, 0.6) is 11.6 Å². The van der Waals surface area contributed by atoms with Gasteiger partial charge in [-0.05, 0) is 79.2 Å². The summed E-state index contributed by atoms with van der Waals surface area (Å²) in [6, 6.07) is 3.98. The number of hydrogen-bond donors (Lipinski definition) is 1.